The number of carbonyl (C=O) groups is 1. The highest BCUT2D eigenvalue weighted by Crippen LogP contribution is 2.23. The highest BCUT2D eigenvalue weighted by atomic mass is 16.6. The Balaban J connectivity index is 2.57. The van der Waals surface area contributed by atoms with Crippen molar-refractivity contribution in [2.24, 2.45) is 0 Å². The van der Waals surface area contributed by atoms with Gasteiger partial charge in [-0.25, -0.2) is 4.79 Å². The number of nitrogens with one attached hydrogen (secondary N) is 1. The largest absolute Gasteiger partial charge is 0.444 e. The van der Waals surface area contributed by atoms with Gasteiger partial charge < -0.3 is 20.1 Å². The number of aliphatic hydroxyl groups excluding tert-OH is 1. The lowest BCUT2D eigenvalue weighted by atomic mass is 10.0. The van der Waals surface area contributed by atoms with E-state index in [4.69, 9.17) is 4.74 Å². The van der Waals surface area contributed by atoms with E-state index in [1.807, 2.05) is 32.6 Å². The second-order valence-corrected chi connectivity index (χ2v) is 7.91. The molecule has 0 aromatic heterocycles. The van der Waals surface area contributed by atoms with Gasteiger partial charge in [-0.3, -0.25) is 0 Å². The molecule has 1 rings (SSSR count). The van der Waals surface area contributed by atoms with Gasteiger partial charge in [-0.1, -0.05) is 12.8 Å². The standard InChI is InChI=1S/C18H36N2O3/c1-14(19-11-10-15(2)21)13-16-9-7-6-8-12-20(16)17(22)23-18(3,4)5/h14-16,19,21H,6-13H2,1-5H3. The Kier molecular flexibility index (Phi) is 8.34. The molecule has 3 unspecified atom stereocenters. The Bertz CT molecular complexity index is 353. The van der Waals surface area contributed by atoms with E-state index in [1.54, 1.807) is 0 Å². The monoisotopic (exact) mass is 328 g/mol. The molecule has 1 saturated heterocycles. The summed E-state index contributed by atoms with van der Waals surface area (Å²) in [7, 11) is 0. The third kappa shape index (κ3) is 8.56. The summed E-state index contributed by atoms with van der Waals surface area (Å²) >= 11 is 0. The zero-order valence-electron chi connectivity index (χ0n) is 15.6. The number of hydrogen-bond acceptors (Lipinski definition) is 4. The number of carbonyl (C=O) groups excluding carboxylic acids is 1. The molecule has 1 fully saturated rings. The van der Waals surface area contributed by atoms with Crippen molar-refractivity contribution in [2.45, 2.75) is 96.9 Å². The molecule has 2 N–H and O–H groups in total. The molecule has 0 aromatic carbocycles. The SMILES string of the molecule is CC(O)CCNC(C)CC1CCCCCN1C(=O)OC(C)(C)C. The second-order valence-electron chi connectivity index (χ2n) is 7.91. The summed E-state index contributed by atoms with van der Waals surface area (Å²) in [5.41, 5.74) is -0.449. The van der Waals surface area contributed by atoms with Crippen LogP contribution in [0.5, 0.6) is 0 Å². The topological polar surface area (TPSA) is 61.8 Å². The molecule has 0 saturated carbocycles. The lowest BCUT2D eigenvalue weighted by Gasteiger charge is -2.33. The molecule has 5 nitrogen and oxygen atoms in total. The molecular weight excluding hydrogens is 292 g/mol. The fraction of sp³-hybridized carbons (Fsp3) is 0.944. The first-order valence-corrected chi connectivity index (χ1v) is 9.10. The first kappa shape index (κ1) is 20.2. The molecule has 0 radical (unpaired) electrons. The molecule has 1 heterocycles. The number of aliphatic hydroxyl groups is 1. The number of likely N-dealkylation sites (tertiary alicyclic amines) is 1. The third-order valence-corrected chi connectivity index (χ3v) is 4.19. The number of hydrogen-bond donors (Lipinski definition) is 2. The third-order valence-electron chi connectivity index (χ3n) is 4.19. The average molecular weight is 328 g/mol. The first-order chi connectivity index (χ1) is 10.7. The smallest absolute Gasteiger partial charge is 0.410 e. The van der Waals surface area contributed by atoms with Crippen molar-refractivity contribution in [3.8, 4) is 0 Å². The first-order valence-electron chi connectivity index (χ1n) is 9.10. The summed E-state index contributed by atoms with van der Waals surface area (Å²) < 4.78 is 5.59. The van der Waals surface area contributed by atoms with E-state index in [0.29, 0.717) is 6.04 Å². The van der Waals surface area contributed by atoms with E-state index in [9.17, 15) is 9.90 Å². The van der Waals surface area contributed by atoms with Crippen LogP contribution in [-0.2, 0) is 4.74 Å². The van der Waals surface area contributed by atoms with Crippen molar-refractivity contribution >= 4 is 6.09 Å². The Morgan fingerprint density at radius 2 is 2.00 bits per heavy atom. The predicted molar refractivity (Wildman–Crippen MR) is 93.6 cm³/mol. The predicted octanol–water partition coefficient (Wildman–Crippen LogP) is 3.31. The molecular formula is C18H36N2O3. The molecule has 1 aliphatic rings. The molecule has 0 aliphatic carbocycles. The van der Waals surface area contributed by atoms with Gasteiger partial charge >= 0.3 is 6.09 Å². The van der Waals surface area contributed by atoms with Crippen molar-refractivity contribution in [1.29, 1.82) is 0 Å². The van der Waals surface area contributed by atoms with Crippen LogP contribution in [0.2, 0.25) is 0 Å². The maximum Gasteiger partial charge on any atom is 0.410 e. The van der Waals surface area contributed by atoms with E-state index in [0.717, 1.165) is 38.8 Å². The highest BCUT2D eigenvalue weighted by Gasteiger charge is 2.30. The number of nitrogens with zero attached hydrogens (tertiary/aromatic N) is 1. The fourth-order valence-corrected chi connectivity index (χ4v) is 3.01. The van der Waals surface area contributed by atoms with Gasteiger partial charge in [0.25, 0.3) is 0 Å². The van der Waals surface area contributed by atoms with Crippen LogP contribution in [0.4, 0.5) is 4.79 Å². The molecule has 5 heteroatoms. The van der Waals surface area contributed by atoms with Gasteiger partial charge in [0.05, 0.1) is 6.10 Å². The minimum absolute atomic E-state index is 0.180. The molecule has 0 spiro atoms. The summed E-state index contributed by atoms with van der Waals surface area (Å²) in [6.45, 7) is 11.3. The van der Waals surface area contributed by atoms with E-state index in [2.05, 4.69) is 12.2 Å². The minimum Gasteiger partial charge on any atom is -0.444 e. The molecule has 1 aliphatic heterocycles. The number of ether oxygens (including phenoxy) is 1. The lowest BCUT2D eigenvalue weighted by Crippen LogP contribution is -2.45. The van der Waals surface area contributed by atoms with Crippen molar-refractivity contribution in [3.63, 3.8) is 0 Å². The van der Waals surface area contributed by atoms with Crippen LogP contribution in [0, 0.1) is 0 Å². The summed E-state index contributed by atoms with van der Waals surface area (Å²) in [4.78, 5) is 14.4. The summed E-state index contributed by atoms with van der Waals surface area (Å²) in [6, 6.07) is 0.559. The minimum atomic E-state index is -0.449. The highest BCUT2D eigenvalue weighted by molar-refractivity contribution is 5.68. The Hall–Kier alpha value is -0.810. The van der Waals surface area contributed by atoms with Crippen LogP contribution in [0.1, 0.15) is 73.1 Å². The van der Waals surface area contributed by atoms with Gasteiger partial charge in [0, 0.05) is 18.6 Å². The summed E-state index contributed by atoms with van der Waals surface area (Å²) in [5, 5.41) is 12.8. The van der Waals surface area contributed by atoms with Crippen molar-refractivity contribution in [3.05, 3.63) is 0 Å². The van der Waals surface area contributed by atoms with Crippen molar-refractivity contribution in [1.82, 2.24) is 10.2 Å². The maximum absolute atomic E-state index is 12.5. The van der Waals surface area contributed by atoms with Gasteiger partial charge in [0.2, 0.25) is 0 Å². The van der Waals surface area contributed by atoms with E-state index in [1.165, 1.54) is 12.8 Å². The van der Waals surface area contributed by atoms with Crippen LogP contribution < -0.4 is 5.32 Å². The van der Waals surface area contributed by atoms with Gasteiger partial charge in [-0.15, -0.1) is 0 Å². The zero-order valence-corrected chi connectivity index (χ0v) is 15.6. The van der Waals surface area contributed by atoms with Crippen molar-refractivity contribution < 1.29 is 14.6 Å². The van der Waals surface area contributed by atoms with Crippen molar-refractivity contribution in [2.75, 3.05) is 13.1 Å². The Labute approximate surface area is 141 Å². The van der Waals surface area contributed by atoms with Crippen LogP contribution in [0.15, 0.2) is 0 Å². The zero-order chi connectivity index (χ0) is 17.5. The van der Waals surface area contributed by atoms with Gasteiger partial charge in [-0.05, 0) is 66.8 Å². The van der Waals surface area contributed by atoms with Crippen LogP contribution in [0.3, 0.4) is 0 Å². The van der Waals surface area contributed by atoms with Gasteiger partial charge in [0.15, 0.2) is 0 Å². The van der Waals surface area contributed by atoms with Crippen LogP contribution in [-0.4, -0.2) is 53.0 Å². The van der Waals surface area contributed by atoms with Crippen LogP contribution >= 0.6 is 0 Å². The molecule has 136 valence electrons. The second kappa shape index (κ2) is 9.48. The fourth-order valence-electron chi connectivity index (χ4n) is 3.01. The Morgan fingerprint density at radius 1 is 1.30 bits per heavy atom. The maximum atomic E-state index is 12.5. The molecule has 0 bridgehead atoms. The van der Waals surface area contributed by atoms with E-state index < -0.39 is 5.60 Å². The number of rotatable bonds is 6. The molecule has 3 atom stereocenters. The molecule has 23 heavy (non-hydrogen) atoms. The summed E-state index contributed by atoms with van der Waals surface area (Å²) in [6.07, 6.45) is 5.68. The van der Waals surface area contributed by atoms with Gasteiger partial charge in [-0.2, -0.15) is 0 Å². The van der Waals surface area contributed by atoms with E-state index >= 15 is 0 Å². The molecule has 1 amide bonds. The normalized spacial score (nSPS) is 22.3. The Morgan fingerprint density at radius 3 is 2.61 bits per heavy atom. The number of amides is 1. The van der Waals surface area contributed by atoms with E-state index in [-0.39, 0.29) is 18.2 Å². The van der Waals surface area contributed by atoms with Crippen LogP contribution in [0.25, 0.3) is 0 Å². The molecule has 0 aromatic rings. The van der Waals surface area contributed by atoms with Gasteiger partial charge in [0.1, 0.15) is 5.60 Å². The average Bonchev–Trinajstić information content (AvgIpc) is 2.61. The summed E-state index contributed by atoms with van der Waals surface area (Å²) in [5.74, 6) is 0. The quantitative estimate of drug-likeness (QED) is 0.785. The lowest BCUT2D eigenvalue weighted by molar-refractivity contribution is 0.0150.